The normalized spacial score (nSPS) is 9.61. The van der Waals surface area contributed by atoms with Crippen LogP contribution in [0.15, 0.2) is 184 Å². The van der Waals surface area contributed by atoms with Gasteiger partial charge in [0.2, 0.25) is 0 Å². The number of nitrogens with zero attached hydrogens (tertiary/aromatic N) is 9. The Kier molecular flexibility index (Phi) is 16.6. The van der Waals surface area contributed by atoms with Crippen molar-refractivity contribution in [1.82, 2.24) is 44.9 Å². The van der Waals surface area contributed by atoms with Crippen LogP contribution < -0.4 is 0 Å². The molecule has 0 amide bonds. The van der Waals surface area contributed by atoms with Crippen LogP contribution >= 0.6 is 0 Å². The summed E-state index contributed by atoms with van der Waals surface area (Å²) in [6.07, 6.45) is 21.1. The minimum absolute atomic E-state index is 0. The zero-order valence-corrected chi connectivity index (χ0v) is 36.3. The molecule has 0 N–H and O–H groups in total. The van der Waals surface area contributed by atoms with Gasteiger partial charge in [-0.2, -0.15) is 0 Å². The van der Waals surface area contributed by atoms with Gasteiger partial charge in [-0.3, -0.25) is 44.9 Å². The van der Waals surface area contributed by atoms with Gasteiger partial charge in [0.25, 0.3) is 0 Å². The fourth-order valence-electron chi connectivity index (χ4n) is 5.71. The maximum atomic E-state index is 4.37. The van der Waals surface area contributed by atoms with Crippen molar-refractivity contribution in [2.75, 3.05) is 0 Å². The molecule has 0 saturated carbocycles. The molecule has 9 heterocycles. The maximum Gasteiger partial charge on any atom is 0.0898 e. The van der Waals surface area contributed by atoms with Crippen LogP contribution in [0.2, 0.25) is 0 Å². The van der Waals surface area contributed by atoms with Crippen molar-refractivity contribution < 1.29 is 17.1 Å². The van der Waals surface area contributed by atoms with Crippen LogP contribution in [0, 0.1) is 56.3 Å². The molecule has 64 heavy (non-hydrogen) atoms. The zero-order chi connectivity index (χ0) is 43.5. The Hall–Kier alpha value is -8.45. The van der Waals surface area contributed by atoms with E-state index in [1.807, 2.05) is 130 Å². The third-order valence-corrected chi connectivity index (χ3v) is 8.91. The van der Waals surface area contributed by atoms with Gasteiger partial charge in [0.1, 0.15) is 0 Å². The molecule has 0 spiro atoms. The van der Waals surface area contributed by atoms with E-state index < -0.39 is 0 Å². The molecule has 0 aliphatic rings. The monoisotopic (exact) mass is 869 g/mol. The van der Waals surface area contributed by atoms with Crippen molar-refractivity contribution in [3.8, 4) is 69.7 Å². The Balaban J connectivity index is 0.000000158. The van der Waals surface area contributed by atoms with Gasteiger partial charge >= 0.3 is 0 Å². The average molecular weight is 870 g/mol. The first-order chi connectivity index (χ1) is 30.9. The van der Waals surface area contributed by atoms with Crippen LogP contribution in [0.4, 0.5) is 0 Å². The predicted molar refractivity (Wildman–Crippen MR) is 247 cm³/mol. The van der Waals surface area contributed by atoms with Crippen molar-refractivity contribution >= 4 is 0 Å². The van der Waals surface area contributed by atoms with Crippen LogP contribution in [0.5, 0.6) is 0 Å². The summed E-state index contributed by atoms with van der Waals surface area (Å²) in [5, 5.41) is 0. The van der Waals surface area contributed by atoms with Gasteiger partial charge in [0, 0.05) is 125 Å². The molecule has 308 valence electrons. The van der Waals surface area contributed by atoms with E-state index in [4.69, 9.17) is 0 Å². The van der Waals surface area contributed by atoms with E-state index in [2.05, 4.69) is 80.4 Å². The quantitative estimate of drug-likeness (QED) is 0.126. The minimum Gasteiger partial charge on any atom is -0.265 e. The second kappa shape index (κ2) is 23.5. The van der Waals surface area contributed by atoms with Gasteiger partial charge in [-0.05, 0) is 147 Å². The molecule has 0 saturated heterocycles. The van der Waals surface area contributed by atoms with Gasteiger partial charge in [-0.15, -0.1) is 0 Å². The second-order valence-corrected chi connectivity index (χ2v) is 13.9. The van der Waals surface area contributed by atoms with Crippen molar-refractivity contribution in [2.24, 2.45) is 0 Å². The third-order valence-electron chi connectivity index (χ3n) is 8.91. The first-order valence-corrected chi connectivity index (χ1v) is 19.9. The Morgan fingerprint density at radius 1 is 0.250 bits per heavy atom. The number of hydrogen-bond acceptors (Lipinski definition) is 9. The minimum atomic E-state index is 0. The molecule has 0 atom stereocenters. The summed E-state index contributed by atoms with van der Waals surface area (Å²) >= 11 is 0. The molecule has 10 heteroatoms. The van der Waals surface area contributed by atoms with Crippen molar-refractivity contribution in [1.29, 1.82) is 0 Å². The molecule has 0 radical (unpaired) electrons. The Morgan fingerprint density at radius 3 is 0.703 bits per heavy atom. The standard InChI is InChI=1S/3C18H13N3.Fe/c3*1-14-4-10-20-17(12-14)18-13-16(7-11-21-18)3-2-15-5-8-19-9-6-15;/h3*4-13H,1H3;. The fourth-order valence-corrected chi connectivity index (χ4v) is 5.71. The molecule has 0 aliphatic heterocycles. The summed E-state index contributed by atoms with van der Waals surface area (Å²) in [6, 6.07) is 34.8. The number of aromatic nitrogens is 9. The van der Waals surface area contributed by atoms with Gasteiger partial charge in [-0.1, -0.05) is 35.5 Å². The Morgan fingerprint density at radius 2 is 0.453 bits per heavy atom. The van der Waals surface area contributed by atoms with Crippen molar-refractivity contribution in [3.63, 3.8) is 0 Å². The number of hydrogen-bond donors (Lipinski definition) is 0. The third kappa shape index (κ3) is 14.1. The van der Waals surface area contributed by atoms with Crippen LogP contribution in [-0.2, 0) is 17.1 Å². The number of rotatable bonds is 3. The molecule has 9 aromatic rings. The van der Waals surface area contributed by atoms with Gasteiger partial charge < -0.3 is 0 Å². The first-order valence-electron chi connectivity index (χ1n) is 19.9. The first kappa shape index (κ1) is 45.1. The molecule has 9 nitrogen and oxygen atoms in total. The fraction of sp³-hybridized carbons (Fsp3) is 0.0556. The van der Waals surface area contributed by atoms with Gasteiger partial charge in [0.15, 0.2) is 0 Å². The SMILES string of the molecule is Cc1ccnc(-c2cc(C#Cc3ccncc3)ccn2)c1.Cc1ccnc(-c2cc(C#Cc3ccncc3)ccn2)c1.Cc1ccnc(-c2cc(C#Cc3ccncc3)ccn2)c1.[Fe]. The number of aryl methyl sites for hydroxylation is 3. The topological polar surface area (TPSA) is 116 Å². The molecule has 0 fully saturated rings. The molecule has 0 aliphatic carbocycles. The van der Waals surface area contributed by atoms with Crippen molar-refractivity contribution in [2.45, 2.75) is 20.8 Å². The van der Waals surface area contributed by atoms with Crippen LogP contribution in [-0.4, -0.2) is 44.9 Å². The van der Waals surface area contributed by atoms with E-state index in [1.54, 1.807) is 74.4 Å². The second-order valence-electron chi connectivity index (χ2n) is 13.9. The number of pyridine rings is 9. The van der Waals surface area contributed by atoms with Crippen molar-refractivity contribution in [3.05, 3.63) is 234 Å². The van der Waals surface area contributed by atoms with E-state index in [0.29, 0.717) is 0 Å². The average Bonchev–Trinajstić information content (AvgIpc) is 3.34. The molecule has 0 unspecified atom stereocenters. The van der Waals surface area contributed by atoms with Crippen LogP contribution in [0.3, 0.4) is 0 Å². The molecule has 0 aromatic carbocycles. The molecular formula is C54H39FeN9. The van der Waals surface area contributed by atoms with E-state index in [1.165, 1.54) is 0 Å². The van der Waals surface area contributed by atoms with Crippen LogP contribution in [0.1, 0.15) is 50.1 Å². The van der Waals surface area contributed by atoms with E-state index in [-0.39, 0.29) is 17.1 Å². The van der Waals surface area contributed by atoms with E-state index >= 15 is 0 Å². The summed E-state index contributed by atoms with van der Waals surface area (Å²) in [7, 11) is 0. The summed E-state index contributed by atoms with van der Waals surface area (Å²) in [5.74, 6) is 18.8. The zero-order valence-electron chi connectivity index (χ0n) is 35.2. The summed E-state index contributed by atoms with van der Waals surface area (Å²) in [5.41, 5.74) is 14.2. The van der Waals surface area contributed by atoms with Gasteiger partial charge in [-0.25, -0.2) is 0 Å². The Labute approximate surface area is 384 Å². The van der Waals surface area contributed by atoms with E-state index in [0.717, 1.165) is 84.2 Å². The van der Waals surface area contributed by atoms with E-state index in [9.17, 15) is 0 Å². The molecule has 9 aromatic heterocycles. The predicted octanol–water partition coefficient (Wildman–Crippen LogP) is 9.74. The Bertz CT molecular complexity index is 2790. The van der Waals surface area contributed by atoms with Gasteiger partial charge in [0.05, 0.1) is 34.2 Å². The summed E-state index contributed by atoms with van der Waals surface area (Å²) < 4.78 is 0. The molecule has 0 bridgehead atoms. The molecular weight excluding hydrogens is 831 g/mol. The summed E-state index contributed by atoms with van der Waals surface area (Å²) in [4.78, 5) is 38.1. The maximum absolute atomic E-state index is 4.37. The largest absolute Gasteiger partial charge is 0.265 e. The molecule has 9 rings (SSSR count). The summed E-state index contributed by atoms with van der Waals surface area (Å²) in [6.45, 7) is 6.12. The smallest absolute Gasteiger partial charge is 0.0898 e. The van der Waals surface area contributed by atoms with Crippen LogP contribution in [0.25, 0.3) is 34.2 Å².